The van der Waals surface area contributed by atoms with Crippen molar-refractivity contribution in [1.82, 2.24) is 0 Å². The second kappa shape index (κ2) is 6.62. The van der Waals surface area contributed by atoms with E-state index in [0.29, 0.717) is 0 Å². The normalized spacial score (nSPS) is 6.00. The second-order valence-electron chi connectivity index (χ2n) is 0.658. The van der Waals surface area contributed by atoms with Crippen LogP contribution in [0, 0.1) is 0 Å². The molecule has 0 aromatic rings. The summed E-state index contributed by atoms with van der Waals surface area (Å²) in [7, 11) is 0.558. The summed E-state index contributed by atoms with van der Waals surface area (Å²) in [5.41, 5.74) is 0. The van der Waals surface area contributed by atoms with Crippen molar-refractivity contribution in [3.05, 3.63) is 0 Å². The molecule has 5 heteroatoms. The van der Waals surface area contributed by atoms with E-state index in [2.05, 4.69) is 8.85 Å². The van der Waals surface area contributed by atoms with E-state index < -0.39 is 9.17 Å². The van der Waals surface area contributed by atoms with Crippen molar-refractivity contribution in [3.8, 4) is 0 Å². The molecular weight excluding hydrogens is 123 g/mol. The molecule has 0 atom stereocenters. The summed E-state index contributed by atoms with van der Waals surface area (Å²) in [6, 6.07) is 0. The van der Waals surface area contributed by atoms with Crippen molar-refractivity contribution in [2.24, 2.45) is 0 Å². The Morgan fingerprint density at radius 3 is 1.71 bits per heavy atom. The van der Waals surface area contributed by atoms with Crippen LogP contribution in [0.4, 0.5) is 0 Å². The Kier molecular flexibility index (Phi) is 9.99. The Morgan fingerprint density at radius 1 is 1.43 bits per heavy atom. The SMILES string of the molecule is CO[Si](=O)OC.[H-].[Na+]. The predicted octanol–water partition coefficient (Wildman–Crippen LogP) is -3.19. The van der Waals surface area contributed by atoms with E-state index in [1.807, 2.05) is 0 Å². The Bertz CT molecular complexity index is 55.2. The van der Waals surface area contributed by atoms with Crippen LogP contribution in [0.5, 0.6) is 0 Å². The monoisotopic (exact) mass is 130 g/mol. The van der Waals surface area contributed by atoms with Crippen LogP contribution in [0.2, 0.25) is 0 Å². The summed E-state index contributed by atoms with van der Waals surface area (Å²) in [5.74, 6) is 0. The van der Waals surface area contributed by atoms with E-state index in [1.165, 1.54) is 14.2 Å². The van der Waals surface area contributed by atoms with E-state index in [1.54, 1.807) is 0 Å². The van der Waals surface area contributed by atoms with Gasteiger partial charge >= 0.3 is 38.7 Å². The van der Waals surface area contributed by atoms with Gasteiger partial charge in [-0.25, -0.2) is 0 Å². The van der Waals surface area contributed by atoms with Crippen LogP contribution in [-0.2, 0) is 13.3 Å². The molecule has 0 radical (unpaired) electrons. The van der Waals surface area contributed by atoms with Crippen LogP contribution in [-0.4, -0.2) is 23.4 Å². The third-order valence-corrected chi connectivity index (χ3v) is 1.00. The van der Waals surface area contributed by atoms with E-state index >= 15 is 0 Å². The molecule has 0 spiro atoms. The molecular formula is C2H7NaO3Si. The summed E-state index contributed by atoms with van der Waals surface area (Å²) in [6.45, 7) is 0. The molecule has 0 rings (SSSR count). The zero-order chi connectivity index (χ0) is 4.99. The number of hydrogen-bond acceptors (Lipinski definition) is 3. The molecule has 0 N–H and O–H groups in total. The largest absolute Gasteiger partial charge is 1.00 e. The maximum absolute atomic E-state index is 9.92. The minimum atomic E-state index is -2.12. The van der Waals surface area contributed by atoms with Crippen molar-refractivity contribution in [3.63, 3.8) is 0 Å². The fourth-order valence-electron chi connectivity index (χ4n) is 0.0833. The molecule has 0 aromatic carbocycles. The molecule has 0 amide bonds. The fourth-order valence-corrected chi connectivity index (χ4v) is 0.250. The van der Waals surface area contributed by atoms with Gasteiger partial charge in [0.1, 0.15) is 0 Å². The summed E-state index contributed by atoms with van der Waals surface area (Å²) in [6.07, 6.45) is 0. The molecule has 0 aliphatic heterocycles. The fraction of sp³-hybridized carbons (Fsp3) is 1.00. The average molecular weight is 130 g/mol. The first-order valence-corrected chi connectivity index (χ1v) is 2.65. The first-order chi connectivity index (χ1) is 2.81. The molecule has 3 nitrogen and oxygen atoms in total. The molecule has 0 saturated carbocycles. The molecule has 38 valence electrons. The summed E-state index contributed by atoms with van der Waals surface area (Å²) < 4.78 is 18.4. The van der Waals surface area contributed by atoms with Gasteiger partial charge in [-0.1, -0.05) is 0 Å². The number of hydrogen-bond donors (Lipinski definition) is 0. The first-order valence-electron chi connectivity index (χ1n) is 1.43. The van der Waals surface area contributed by atoms with Crippen molar-refractivity contribution in [2.75, 3.05) is 14.2 Å². The zero-order valence-corrected chi connectivity index (χ0v) is 7.72. The predicted molar refractivity (Wildman–Crippen MR) is 21.6 cm³/mol. The smallest absolute Gasteiger partial charge is 1.00 e. The van der Waals surface area contributed by atoms with Crippen LogP contribution < -0.4 is 29.6 Å². The van der Waals surface area contributed by atoms with Gasteiger partial charge in [0.25, 0.3) is 0 Å². The van der Waals surface area contributed by atoms with Gasteiger partial charge in [0.2, 0.25) is 0 Å². The molecule has 0 bridgehead atoms. The van der Waals surface area contributed by atoms with E-state index in [4.69, 9.17) is 0 Å². The van der Waals surface area contributed by atoms with Gasteiger partial charge in [0, 0.05) is 0 Å². The summed E-state index contributed by atoms with van der Waals surface area (Å²) >= 11 is 0. The number of rotatable bonds is 2. The van der Waals surface area contributed by atoms with Crippen LogP contribution >= 0.6 is 0 Å². The van der Waals surface area contributed by atoms with Gasteiger partial charge in [-0.15, -0.1) is 0 Å². The molecule has 7 heavy (non-hydrogen) atoms. The maximum atomic E-state index is 9.92. The minimum Gasteiger partial charge on any atom is -1.00 e. The minimum absolute atomic E-state index is 0. The molecule has 0 saturated heterocycles. The molecule has 0 unspecified atom stereocenters. The Labute approximate surface area is 67.7 Å². The van der Waals surface area contributed by atoms with Crippen LogP contribution in [0.3, 0.4) is 0 Å². The third-order valence-electron chi connectivity index (χ3n) is 0.333. The Balaban J connectivity index is -0.000000125. The zero-order valence-electron chi connectivity index (χ0n) is 5.72. The van der Waals surface area contributed by atoms with Gasteiger partial charge in [0.05, 0.1) is 14.2 Å². The second-order valence-corrected chi connectivity index (χ2v) is 1.97. The van der Waals surface area contributed by atoms with E-state index in [9.17, 15) is 4.46 Å². The Hall–Kier alpha value is 0.617. The topological polar surface area (TPSA) is 35.5 Å². The average Bonchev–Trinajstić information content (AvgIpc) is 1.65. The van der Waals surface area contributed by atoms with Gasteiger partial charge in [0.15, 0.2) is 0 Å². The molecule has 0 aliphatic carbocycles. The first kappa shape index (κ1) is 10.6. The van der Waals surface area contributed by atoms with E-state index in [-0.39, 0.29) is 31.0 Å². The van der Waals surface area contributed by atoms with Crippen LogP contribution in [0.25, 0.3) is 0 Å². The molecule has 0 heterocycles. The molecule has 0 aliphatic rings. The van der Waals surface area contributed by atoms with Gasteiger partial charge < -0.3 is 10.3 Å². The Morgan fingerprint density at radius 2 is 1.71 bits per heavy atom. The van der Waals surface area contributed by atoms with Crippen LogP contribution in [0.15, 0.2) is 0 Å². The van der Waals surface area contributed by atoms with Crippen molar-refractivity contribution >= 4 is 9.17 Å². The van der Waals surface area contributed by atoms with Gasteiger partial charge in [-0.3, -0.25) is 4.46 Å². The third kappa shape index (κ3) is 6.62. The van der Waals surface area contributed by atoms with Crippen LogP contribution in [0.1, 0.15) is 1.43 Å². The summed E-state index contributed by atoms with van der Waals surface area (Å²) in [5, 5.41) is 0. The van der Waals surface area contributed by atoms with Crippen molar-refractivity contribution < 1.29 is 44.3 Å². The quantitative estimate of drug-likeness (QED) is 0.369. The van der Waals surface area contributed by atoms with Crippen molar-refractivity contribution in [1.29, 1.82) is 0 Å². The van der Waals surface area contributed by atoms with Gasteiger partial charge in [-0.2, -0.15) is 0 Å². The van der Waals surface area contributed by atoms with E-state index in [0.717, 1.165) is 0 Å². The molecule has 0 fully saturated rings. The maximum Gasteiger partial charge on any atom is 1.00 e. The van der Waals surface area contributed by atoms with Crippen molar-refractivity contribution in [2.45, 2.75) is 0 Å². The standard InChI is InChI=1S/C2H6O3Si.Na.H/c1-4-6(3)5-2;;/h1-2H3;;/q;+1;-1. The van der Waals surface area contributed by atoms with Gasteiger partial charge in [-0.05, 0) is 0 Å². The molecule has 0 aromatic heterocycles. The summed E-state index contributed by atoms with van der Waals surface area (Å²) in [4.78, 5) is 0.